The second-order valence-corrected chi connectivity index (χ2v) is 12.3. The molecule has 0 saturated heterocycles. The second-order valence-electron chi connectivity index (χ2n) is 10.3. The third-order valence-electron chi connectivity index (χ3n) is 7.41. The number of hydrogen-bond donors (Lipinski definition) is 1. The molecule has 1 N–H and O–H groups in total. The lowest BCUT2D eigenvalue weighted by atomic mass is 9.96. The molecule has 4 aliphatic rings. The number of hydrazine groups is 1. The van der Waals surface area contributed by atoms with Crippen LogP contribution in [-0.4, -0.2) is 48.7 Å². The van der Waals surface area contributed by atoms with E-state index in [0.717, 1.165) is 6.26 Å². The van der Waals surface area contributed by atoms with Crippen molar-refractivity contribution >= 4 is 27.4 Å². The van der Waals surface area contributed by atoms with Gasteiger partial charge < -0.3 is 14.6 Å². The first-order valence-corrected chi connectivity index (χ1v) is 14.7. The molecule has 222 valence electrons. The molecule has 10 nitrogen and oxygen atoms in total. The van der Waals surface area contributed by atoms with Crippen molar-refractivity contribution in [2.75, 3.05) is 23.0 Å². The molecule has 0 amide bonds. The molecule has 7 rings (SSSR count). The summed E-state index contributed by atoms with van der Waals surface area (Å²) in [5.41, 5.74) is 2.53. The van der Waals surface area contributed by atoms with E-state index >= 15 is 8.78 Å². The number of hydrogen-bond acceptors (Lipinski definition) is 9. The SMILES string of the molecule is Cn1nc(C(F)(F)CO)c2c1-c1ccc(-c3cccc(S(C)(=O)=O)c3)cc1N1C(=C3C=CC4=C(C3)OC(F)(F)O4)C=NN21. The molecule has 3 aliphatic heterocycles. The highest BCUT2D eigenvalue weighted by Crippen LogP contribution is 2.52. The van der Waals surface area contributed by atoms with Crippen LogP contribution in [0.1, 0.15) is 12.1 Å². The van der Waals surface area contributed by atoms with Crippen LogP contribution in [-0.2, 0) is 32.3 Å². The Hall–Kier alpha value is -4.63. The van der Waals surface area contributed by atoms with Crippen molar-refractivity contribution in [2.24, 2.45) is 12.1 Å². The number of allylic oxidation sites excluding steroid dienone is 4. The number of aliphatic hydroxyl groups is 1. The molecule has 3 aromatic rings. The lowest BCUT2D eigenvalue weighted by Crippen LogP contribution is -2.39. The van der Waals surface area contributed by atoms with Gasteiger partial charge in [0.25, 0.3) is 0 Å². The van der Waals surface area contributed by atoms with Gasteiger partial charge in [-0.3, -0.25) is 4.68 Å². The van der Waals surface area contributed by atoms with Gasteiger partial charge >= 0.3 is 12.2 Å². The second kappa shape index (κ2) is 8.94. The number of aromatic nitrogens is 2. The summed E-state index contributed by atoms with van der Waals surface area (Å²) in [6, 6.07) is 11.5. The van der Waals surface area contributed by atoms with E-state index in [4.69, 9.17) is 0 Å². The predicted octanol–water partition coefficient (Wildman–Crippen LogP) is 4.81. The first-order chi connectivity index (χ1) is 20.3. The van der Waals surface area contributed by atoms with E-state index in [-0.39, 0.29) is 28.5 Å². The molecule has 1 aliphatic carbocycles. The van der Waals surface area contributed by atoms with E-state index in [9.17, 15) is 22.3 Å². The van der Waals surface area contributed by atoms with Crippen LogP contribution < -0.4 is 10.1 Å². The molecule has 1 aromatic heterocycles. The van der Waals surface area contributed by atoms with E-state index in [1.54, 1.807) is 41.4 Å². The lowest BCUT2D eigenvalue weighted by Gasteiger charge is -2.37. The fraction of sp³-hybridized carbons (Fsp3) is 0.214. The van der Waals surface area contributed by atoms with E-state index in [0.29, 0.717) is 39.3 Å². The van der Waals surface area contributed by atoms with Crippen LogP contribution in [0.25, 0.3) is 22.4 Å². The number of benzene rings is 2. The monoisotopic (exact) mass is 615 g/mol. The summed E-state index contributed by atoms with van der Waals surface area (Å²) in [7, 11) is -2.01. The number of aliphatic hydroxyl groups excluding tert-OH is 1. The van der Waals surface area contributed by atoms with Gasteiger partial charge in [-0.2, -0.15) is 24.1 Å². The smallest absolute Gasteiger partial charge is 0.399 e. The molecule has 0 atom stereocenters. The average Bonchev–Trinajstić information content (AvgIpc) is 3.64. The summed E-state index contributed by atoms with van der Waals surface area (Å²) >= 11 is 0. The van der Waals surface area contributed by atoms with Crippen LogP contribution in [0, 0.1) is 0 Å². The van der Waals surface area contributed by atoms with Crippen molar-refractivity contribution in [3.63, 3.8) is 0 Å². The quantitative estimate of drug-likeness (QED) is 0.417. The fourth-order valence-electron chi connectivity index (χ4n) is 5.48. The Morgan fingerprint density at radius 1 is 1.09 bits per heavy atom. The summed E-state index contributed by atoms with van der Waals surface area (Å²) in [5, 5.41) is 20.7. The number of halogens is 4. The molecule has 43 heavy (non-hydrogen) atoms. The van der Waals surface area contributed by atoms with Crippen LogP contribution in [0.15, 0.2) is 87.4 Å². The summed E-state index contributed by atoms with van der Waals surface area (Å²) in [5.74, 6) is -3.93. The molecule has 15 heteroatoms. The van der Waals surface area contributed by atoms with Crippen LogP contribution >= 0.6 is 0 Å². The van der Waals surface area contributed by atoms with Crippen molar-refractivity contribution < 1.29 is 40.6 Å². The lowest BCUT2D eigenvalue weighted by molar-refractivity contribution is -0.336. The molecular weight excluding hydrogens is 594 g/mol. The Balaban J connectivity index is 1.43. The van der Waals surface area contributed by atoms with E-state index in [2.05, 4.69) is 19.7 Å². The number of nitrogens with zero attached hydrogens (tertiary/aromatic N) is 5. The van der Waals surface area contributed by atoms with Gasteiger partial charge in [0, 0.05) is 25.3 Å². The first-order valence-electron chi connectivity index (χ1n) is 12.8. The molecule has 4 heterocycles. The Labute approximate surface area is 241 Å². The van der Waals surface area contributed by atoms with Crippen LogP contribution in [0.3, 0.4) is 0 Å². The van der Waals surface area contributed by atoms with Gasteiger partial charge in [0.2, 0.25) is 0 Å². The van der Waals surface area contributed by atoms with Crippen molar-refractivity contribution in [1.29, 1.82) is 0 Å². The zero-order valence-corrected chi connectivity index (χ0v) is 23.2. The highest BCUT2D eigenvalue weighted by molar-refractivity contribution is 7.90. The molecule has 0 spiro atoms. The molecule has 0 saturated carbocycles. The van der Waals surface area contributed by atoms with Gasteiger partial charge in [0.15, 0.2) is 27.0 Å². The van der Waals surface area contributed by atoms with E-state index < -0.39 is 34.4 Å². The van der Waals surface area contributed by atoms with Crippen molar-refractivity contribution in [3.05, 3.63) is 83.1 Å². The molecule has 0 fully saturated rings. The minimum Gasteiger partial charge on any atom is -0.399 e. The zero-order valence-electron chi connectivity index (χ0n) is 22.4. The molecule has 0 unspecified atom stereocenters. The van der Waals surface area contributed by atoms with Gasteiger partial charge in [-0.25, -0.2) is 13.4 Å². The number of fused-ring (bicyclic) bond motifs is 6. The van der Waals surface area contributed by atoms with Crippen molar-refractivity contribution in [3.8, 4) is 22.4 Å². The maximum absolute atomic E-state index is 15.0. The average molecular weight is 616 g/mol. The third-order valence-corrected chi connectivity index (χ3v) is 8.52. The van der Waals surface area contributed by atoms with Gasteiger partial charge in [-0.1, -0.05) is 24.3 Å². The van der Waals surface area contributed by atoms with Crippen LogP contribution in [0.4, 0.5) is 28.9 Å². The number of aryl methyl sites for hydroxylation is 1. The Morgan fingerprint density at radius 2 is 1.86 bits per heavy atom. The predicted molar refractivity (Wildman–Crippen MR) is 147 cm³/mol. The minimum atomic E-state index is -3.81. The van der Waals surface area contributed by atoms with Gasteiger partial charge in [0.05, 0.1) is 28.2 Å². The number of hydrazone groups is 1. The Bertz CT molecular complexity index is 1960. The summed E-state index contributed by atoms with van der Waals surface area (Å²) in [4.78, 5) is 0.119. The number of anilines is 2. The van der Waals surface area contributed by atoms with E-state index in [1.807, 2.05) is 0 Å². The minimum absolute atomic E-state index is 0.0700. The third kappa shape index (κ3) is 4.21. The van der Waals surface area contributed by atoms with Gasteiger partial charge in [-0.05, 0) is 47.0 Å². The van der Waals surface area contributed by atoms with Crippen LogP contribution in [0.2, 0.25) is 0 Å². The van der Waals surface area contributed by atoms with E-state index in [1.165, 1.54) is 41.3 Å². The Morgan fingerprint density at radius 3 is 2.60 bits per heavy atom. The summed E-state index contributed by atoms with van der Waals surface area (Å²) in [6.07, 6.45) is 1.48. The highest BCUT2D eigenvalue weighted by atomic mass is 32.2. The van der Waals surface area contributed by atoms with Crippen LogP contribution in [0.5, 0.6) is 0 Å². The first kappa shape index (κ1) is 27.2. The molecule has 2 aromatic carbocycles. The number of ether oxygens (including phenoxy) is 2. The maximum Gasteiger partial charge on any atom is 0.585 e. The Kier molecular flexibility index (Phi) is 5.66. The fourth-order valence-corrected chi connectivity index (χ4v) is 6.15. The summed E-state index contributed by atoms with van der Waals surface area (Å²) < 4.78 is 92.5. The normalized spacial score (nSPS) is 20.1. The van der Waals surface area contributed by atoms with Gasteiger partial charge in [0.1, 0.15) is 12.3 Å². The highest BCUT2D eigenvalue weighted by Gasteiger charge is 2.48. The molecule has 0 bridgehead atoms. The van der Waals surface area contributed by atoms with Crippen molar-refractivity contribution in [1.82, 2.24) is 9.78 Å². The van der Waals surface area contributed by atoms with Crippen molar-refractivity contribution in [2.45, 2.75) is 23.5 Å². The largest absolute Gasteiger partial charge is 0.585 e. The topological polar surface area (TPSA) is 109 Å². The van der Waals surface area contributed by atoms with Gasteiger partial charge in [-0.15, -0.1) is 8.78 Å². The standard InChI is InChI=1S/C28H21F4N5O5S/c1-35-24-19-8-6-16(15-4-3-5-18(10-15)43(2,39)40)11-20(19)36-21(17-7-9-22-23(12-17)42-28(31,32)41-22)13-33-37(36)25(24)26(34-35)27(29,30)14-38/h3-11,13,38H,12,14H2,1-2H3. The summed E-state index contributed by atoms with van der Waals surface area (Å²) in [6.45, 7) is -1.49. The number of sulfone groups is 1. The number of rotatable bonds is 4. The molecule has 0 radical (unpaired) electrons. The zero-order chi connectivity index (χ0) is 30.5. The molecular formula is C28H21F4N5O5S. The maximum atomic E-state index is 15.0. The number of alkyl halides is 4.